The molecule has 16 heavy (non-hydrogen) atoms. The maximum absolute atomic E-state index is 10.3. The van der Waals surface area contributed by atoms with E-state index in [1.54, 1.807) is 0 Å². The number of carboxylic acids is 1. The van der Waals surface area contributed by atoms with E-state index in [0.717, 1.165) is 10.9 Å². The average molecular weight is 283 g/mol. The minimum atomic E-state index is -0.727. The van der Waals surface area contributed by atoms with Gasteiger partial charge in [-0.15, -0.1) is 0 Å². The van der Waals surface area contributed by atoms with Gasteiger partial charge in [-0.2, -0.15) is 0 Å². The molecule has 2 nitrogen and oxygen atoms in total. The lowest BCUT2D eigenvalue weighted by Gasteiger charge is -2.01. The largest absolute Gasteiger partial charge is 0.481 e. The molecule has 0 bridgehead atoms. The number of benzene rings is 1. The van der Waals surface area contributed by atoms with Crippen molar-refractivity contribution in [3.63, 3.8) is 0 Å². The molecule has 0 spiro atoms. The van der Waals surface area contributed by atoms with Crippen LogP contribution < -0.4 is 0 Å². The number of allylic oxidation sites excluding steroid dienone is 2. The molecule has 0 saturated carbocycles. The molecule has 0 aliphatic carbocycles. The highest BCUT2D eigenvalue weighted by atomic mass is 79.9. The van der Waals surface area contributed by atoms with Crippen LogP contribution in [0.1, 0.15) is 31.7 Å². The van der Waals surface area contributed by atoms with Gasteiger partial charge in [0.1, 0.15) is 0 Å². The molecule has 0 radical (unpaired) electrons. The Morgan fingerprint density at radius 2 is 2.00 bits per heavy atom. The predicted octanol–water partition coefficient (Wildman–Crippen LogP) is 4.11. The highest BCUT2D eigenvalue weighted by Crippen LogP contribution is 2.18. The van der Waals surface area contributed by atoms with Crippen molar-refractivity contribution >= 4 is 27.5 Å². The van der Waals surface area contributed by atoms with E-state index in [1.165, 1.54) is 11.1 Å². The minimum absolute atomic E-state index is 0.240. The van der Waals surface area contributed by atoms with Crippen LogP contribution in [0.5, 0.6) is 0 Å². The summed E-state index contributed by atoms with van der Waals surface area (Å²) >= 11 is 3.39. The Morgan fingerprint density at radius 3 is 2.56 bits per heavy atom. The van der Waals surface area contributed by atoms with Gasteiger partial charge in [0.25, 0.3) is 0 Å². The van der Waals surface area contributed by atoms with Gasteiger partial charge in [-0.05, 0) is 43.0 Å². The summed E-state index contributed by atoms with van der Waals surface area (Å²) in [5, 5.41) is 8.50. The molecule has 1 rings (SSSR count). The molecule has 0 heterocycles. The highest BCUT2D eigenvalue weighted by Gasteiger charge is 1.97. The zero-order valence-corrected chi connectivity index (χ0v) is 10.8. The van der Waals surface area contributed by atoms with E-state index >= 15 is 0 Å². The molecule has 0 saturated heterocycles. The number of unbranched alkanes of at least 4 members (excludes halogenated alkanes) is 1. The molecule has 3 heteroatoms. The Bertz CT molecular complexity index is 379. The second kappa shape index (κ2) is 6.48. The molecule has 0 aliphatic heterocycles. The second-order valence-electron chi connectivity index (χ2n) is 3.68. The van der Waals surface area contributed by atoms with Crippen molar-refractivity contribution in [2.45, 2.75) is 26.2 Å². The lowest BCUT2D eigenvalue weighted by atomic mass is 10.1. The standard InChI is InChI=1S/C13H15BrO2/c1-10(4-2-3-5-13(15)16)11-6-8-12(14)9-7-11/h4,6-9H,2-3,5H2,1H3,(H,15,16)/b10-4+. The van der Waals surface area contributed by atoms with Crippen molar-refractivity contribution in [1.29, 1.82) is 0 Å². The quantitative estimate of drug-likeness (QED) is 0.826. The number of hydrogen-bond donors (Lipinski definition) is 1. The monoisotopic (exact) mass is 282 g/mol. The van der Waals surface area contributed by atoms with Crippen LogP contribution in [0, 0.1) is 0 Å². The lowest BCUT2D eigenvalue weighted by Crippen LogP contribution is -1.92. The first-order valence-electron chi connectivity index (χ1n) is 5.24. The van der Waals surface area contributed by atoms with Gasteiger partial charge in [0.05, 0.1) is 0 Å². The van der Waals surface area contributed by atoms with E-state index in [2.05, 4.69) is 22.0 Å². The van der Waals surface area contributed by atoms with Crippen LogP contribution >= 0.6 is 15.9 Å². The molecule has 0 unspecified atom stereocenters. The van der Waals surface area contributed by atoms with Crippen LogP contribution in [0.4, 0.5) is 0 Å². The first-order chi connectivity index (χ1) is 7.59. The molecule has 0 aromatic heterocycles. The Hall–Kier alpha value is -1.09. The van der Waals surface area contributed by atoms with E-state index in [0.29, 0.717) is 6.42 Å². The average Bonchev–Trinajstić information content (AvgIpc) is 2.25. The van der Waals surface area contributed by atoms with E-state index in [4.69, 9.17) is 5.11 Å². The Morgan fingerprint density at radius 1 is 1.38 bits per heavy atom. The van der Waals surface area contributed by atoms with E-state index in [-0.39, 0.29) is 6.42 Å². The van der Waals surface area contributed by atoms with Crippen LogP contribution in [-0.2, 0) is 4.79 Å². The maximum Gasteiger partial charge on any atom is 0.303 e. The number of aliphatic carboxylic acids is 1. The second-order valence-corrected chi connectivity index (χ2v) is 4.60. The first-order valence-corrected chi connectivity index (χ1v) is 6.03. The van der Waals surface area contributed by atoms with E-state index in [9.17, 15) is 4.79 Å². The Balaban J connectivity index is 2.50. The number of carboxylic acid groups (broad SMARTS) is 1. The van der Waals surface area contributed by atoms with E-state index < -0.39 is 5.97 Å². The van der Waals surface area contributed by atoms with Crippen molar-refractivity contribution < 1.29 is 9.90 Å². The minimum Gasteiger partial charge on any atom is -0.481 e. The van der Waals surface area contributed by atoms with Crippen LogP contribution in [-0.4, -0.2) is 11.1 Å². The van der Waals surface area contributed by atoms with Gasteiger partial charge in [0.15, 0.2) is 0 Å². The topological polar surface area (TPSA) is 37.3 Å². The molecular weight excluding hydrogens is 268 g/mol. The van der Waals surface area contributed by atoms with Crippen LogP contribution in [0.2, 0.25) is 0 Å². The Labute approximate surface area is 104 Å². The zero-order valence-electron chi connectivity index (χ0n) is 9.24. The number of hydrogen-bond acceptors (Lipinski definition) is 1. The predicted molar refractivity (Wildman–Crippen MR) is 69.3 cm³/mol. The molecule has 1 aromatic rings. The van der Waals surface area contributed by atoms with Gasteiger partial charge >= 0.3 is 5.97 Å². The highest BCUT2D eigenvalue weighted by molar-refractivity contribution is 9.10. The summed E-state index contributed by atoms with van der Waals surface area (Å²) < 4.78 is 1.06. The van der Waals surface area contributed by atoms with Crippen molar-refractivity contribution in [3.05, 3.63) is 40.4 Å². The summed E-state index contributed by atoms with van der Waals surface area (Å²) in [5.41, 5.74) is 2.37. The van der Waals surface area contributed by atoms with Gasteiger partial charge in [-0.3, -0.25) is 4.79 Å². The van der Waals surface area contributed by atoms with Gasteiger partial charge in [0, 0.05) is 10.9 Å². The van der Waals surface area contributed by atoms with Crippen molar-refractivity contribution in [3.8, 4) is 0 Å². The number of halogens is 1. The SMILES string of the molecule is C/C(=C\CCCC(=O)O)c1ccc(Br)cc1. The van der Waals surface area contributed by atoms with Gasteiger partial charge in [0.2, 0.25) is 0 Å². The number of carbonyl (C=O) groups is 1. The molecule has 0 atom stereocenters. The molecule has 0 amide bonds. The third-order valence-electron chi connectivity index (χ3n) is 2.34. The van der Waals surface area contributed by atoms with Crippen molar-refractivity contribution in [1.82, 2.24) is 0 Å². The maximum atomic E-state index is 10.3. The fourth-order valence-electron chi connectivity index (χ4n) is 1.40. The fraction of sp³-hybridized carbons (Fsp3) is 0.308. The lowest BCUT2D eigenvalue weighted by molar-refractivity contribution is -0.137. The van der Waals surface area contributed by atoms with Crippen LogP contribution in [0.3, 0.4) is 0 Å². The summed E-state index contributed by atoms with van der Waals surface area (Å²) in [5.74, 6) is -0.727. The van der Waals surface area contributed by atoms with Gasteiger partial charge < -0.3 is 5.11 Å². The third-order valence-corrected chi connectivity index (χ3v) is 2.87. The molecule has 86 valence electrons. The van der Waals surface area contributed by atoms with Crippen molar-refractivity contribution in [2.24, 2.45) is 0 Å². The van der Waals surface area contributed by atoms with Crippen molar-refractivity contribution in [2.75, 3.05) is 0 Å². The van der Waals surface area contributed by atoms with E-state index in [1.807, 2.05) is 31.2 Å². The number of rotatable bonds is 5. The smallest absolute Gasteiger partial charge is 0.303 e. The summed E-state index contributed by atoms with van der Waals surface area (Å²) in [6.45, 7) is 2.05. The van der Waals surface area contributed by atoms with Gasteiger partial charge in [-0.1, -0.05) is 34.1 Å². The summed E-state index contributed by atoms with van der Waals surface area (Å²) in [6, 6.07) is 8.11. The Kier molecular flexibility index (Phi) is 5.26. The molecule has 1 aromatic carbocycles. The third kappa shape index (κ3) is 4.62. The first kappa shape index (κ1) is 13.0. The van der Waals surface area contributed by atoms with Crippen LogP contribution in [0.15, 0.2) is 34.8 Å². The normalized spacial score (nSPS) is 11.5. The molecule has 0 fully saturated rings. The molecule has 0 aliphatic rings. The molecule has 1 N–H and O–H groups in total. The van der Waals surface area contributed by atoms with Crippen LogP contribution in [0.25, 0.3) is 5.57 Å². The zero-order chi connectivity index (χ0) is 12.0. The summed E-state index contributed by atoms with van der Waals surface area (Å²) in [4.78, 5) is 10.3. The molecular formula is C13H15BrO2. The summed E-state index contributed by atoms with van der Waals surface area (Å²) in [6.07, 6.45) is 3.84. The van der Waals surface area contributed by atoms with Gasteiger partial charge in [-0.25, -0.2) is 0 Å². The summed E-state index contributed by atoms with van der Waals surface area (Å²) in [7, 11) is 0. The fourth-order valence-corrected chi connectivity index (χ4v) is 1.67.